The highest BCUT2D eigenvalue weighted by Gasteiger charge is 2.28. The molecule has 0 radical (unpaired) electrons. The van der Waals surface area contributed by atoms with Crippen molar-refractivity contribution < 1.29 is 14.0 Å². The van der Waals surface area contributed by atoms with E-state index in [0.29, 0.717) is 31.5 Å². The Hall–Kier alpha value is -2.69. The molecule has 2 rings (SSSR count). The first kappa shape index (κ1) is 22.6. The van der Waals surface area contributed by atoms with Gasteiger partial charge in [-0.05, 0) is 36.5 Å². The van der Waals surface area contributed by atoms with Crippen molar-refractivity contribution in [3.05, 3.63) is 71.5 Å². The molecule has 0 aliphatic rings. The van der Waals surface area contributed by atoms with Gasteiger partial charge in [-0.25, -0.2) is 4.39 Å². The Bertz CT molecular complexity index is 779. The third-order valence-electron chi connectivity index (χ3n) is 5.00. The Kier molecular flexibility index (Phi) is 9.35. The Morgan fingerprint density at radius 1 is 1.03 bits per heavy atom. The number of nitrogens with one attached hydrogen (secondary N) is 1. The maximum atomic E-state index is 14.1. The number of carbonyl (C=O) groups is 2. The second-order valence-electron chi connectivity index (χ2n) is 7.16. The van der Waals surface area contributed by atoms with Crippen LogP contribution in [0.25, 0.3) is 0 Å². The fraction of sp³-hybridized carbons (Fsp3) is 0.417. The molecule has 0 aliphatic heterocycles. The molecule has 0 spiro atoms. The van der Waals surface area contributed by atoms with Gasteiger partial charge in [0.1, 0.15) is 11.9 Å². The maximum absolute atomic E-state index is 14.1. The molecule has 2 amide bonds. The van der Waals surface area contributed by atoms with Crippen molar-refractivity contribution in [3.8, 4) is 0 Å². The number of rotatable bonds is 11. The molecule has 0 bridgehead atoms. The largest absolute Gasteiger partial charge is 0.354 e. The van der Waals surface area contributed by atoms with Gasteiger partial charge < -0.3 is 10.2 Å². The molecule has 0 saturated carbocycles. The van der Waals surface area contributed by atoms with Crippen LogP contribution in [0.3, 0.4) is 0 Å². The molecule has 2 aromatic rings. The summed E-state index contributed by atoms with van der Waals surface area (Å²) >= 11 is 0. The molecule has 1 N–H and O–H groups in total. The quantitative estimate of drug-likeness (QED) is 0.579. The number of benzene rings is 2. The van der Waals surface area contributed by atoms with E-state index in [0.717, 1.165) is 18.4 Å². The van der Waals surface area contributed by atoms with E-state index in [1.54, 1.807) is 23.1 Å². The van der Waals surface area contributed by atoms with E-state index in [-0.39, 0.29) is 18.2 Å². The van der Waals surface area contributed by atoms with Crippen molar-refractivity contribution in [2.75, 3.05) is 13.1 Å². The average molecular weight is 399 g/mol. The number of amides is 2. The predicted molar refractivity (Wildman–Crippen MR) is 114 cm³/mol. The smallest absolute Gasteiger partial charge is 0.242 e. The van der Waals surface area contributed by atoms with Gasteiger partial charge >= 0.3 is 0 Å². The lowest BCUT2D eigenvalue weighted by Gasteiger charge is -2.31. The van der Waals surface area contributed by atoms with Crippen molar-refractivity contribution in [1.82, 2.24) is 10.2 Å². The molecule has 29 heavy (non-hydrogen) atoms. The monoisotopic (exact) mass is 398 g/mol. The van der Waals surface area contributed by atoms with Gasteiger partial charge in [-0.3, -0.25) is 9.59 Å². The molecular formula is C24H31FN2O2. The van der Waals surface area contributed by atoms with E-state index in [4.69, 9.17) is 0 Å². The number of hydrogen-bond donors (Lipinski definition) is 1. The first-order valence-corrected chi connectivity index (χ1v) is 10.4. The first-order valence-electron chi connectivity index (χ1n) is 10.4. The molecule has 0 saturated heterocycles. The van der Waals surface area contributed by atoms with Gasteiger partial charge in [-0.15, -0.1) is 0 Å². The Balaban J connectivity index is 2.17. The van der Waals surface area contributed by atoms with E-state index in [9.17, 15) is 14.0 Å². The SMILES string of the molecule is CCCCNC(=O)[C@@H](CC)N(CCc1ccccc1)C(=O)Cc1ccccc1F. The lowest BCUT2D eigenvalue weighted by Crippen LogP contribution is -2.50. The van der Waals surface area contributed by atoms with Gasteiger partial charge in [0.15, 0.2) is 0 Å². The zero-order chi connectivity index (χ0) is 21.1. The van der Waals surface area contributed by atoms with Crippen LogP contribution in [0.2, 0.25) is 0 Å². The molecule has 1 atom stereocenters. The molecule has 4 nitrogen and oxygen atoms in total. The van der Waals surface area contributed by atoms with Crippen LogP contribution in [0.5, 0.6) is 0 Å². The fourth-order valence-corrected chi connectivity index (χ4v) is 3.31. The lowest BCUT2D eigenvalue weighted by molar-refractivity contribution is -0.140. The third kappa shape index (κ3) is 7.00. The molecule has 5 heteroatoms. The van der Waals surface area contributed by atoms with Gasteiger partial charge in [-0.2, -0.15) is 0 Å². The first-order chi connectivity index (χ1) is 14.1. The number of halogens is 1. The number of unbranched alkanes of at least 4 members (excludes halogenated alkanes) is 1. The summed E-state index contributed by atoms with van der Waals surface area (Å²) in [4.78, 5) is 27.5. The highest BCUT2D eigenvalue weighted by Crippen LogP contribution is 2.14. The van der Waals surface area contributed by atoms with Gasteiger partial charge in [0, 0.05) is 13.1 Å². The molecule has 0 fully saturated rings. The van der Waals surface area contributed by atoms with E-state index >= 15 is 0 Å². The molecule has 156 valence electrons. The normalized spacial score (nSPS) is 11.7. The maximum Gasteiger partial charge on any atom is 0.242 e. The topological polar surface area (TPSA) is 49.4 Å². The summed E-state index contributed by atoms with van der Waals surface area (Å²) in [5.74, 6) is -0.774. The third-order valence-corrected chi connectivity index (χ3v) is 5.00. The van der Waals surface area contributed by atoms with E-state index in [1.807, 2.05) is 37.3 Å². The summed E-state index contributed by atoms with van der Waals surface area (Å²) in [5.41, 5.74) is 1.45. The summed E-state index contributed by atoms with van der Waals surface area (Å²) in [6, 6.07) is 15.6. The van der Waals surface area contributed by atoms with Crippen molar-refractivity contribution >= 4 is 11.8 Å². The predicted octanol–water partition coefficient (Wildman–Crippen LogP) is 4.13. The van der Waals surface area contributed by atoms with Crippen molar-refractivity contribution in [2.45, 2.75) is 52.0 Å². The molecule has 2 aromatic carbocycles. The molecule has 0 unspecified atom stereocenters. The van der Waals surface area contributed by atoms with Gasteiger partial charge in [-0.1, -0.05) is 68.8 Å². The minimum Gasteiger partial charge on any atom is -0.354 e. The minimum atomic E-state index is -0.560. The minimum absolute atomic E-state index is 0.0554. The summed E-state index contributed by atoms with van der Waals surface area (Å²) in [5, 5.41) is 2.94. The van der Waals surface area contributed by atoms with Crippen LogP contribution < -0.4 is 5.32 Å². The number of hydrogen-bond acceptors (Lipinski definition) is 2. The zero-order valence-corrected chi connectivity index (χ0v) is 17.4. The fourth-order valence-electron chi connectivity index (χ4n) is 3.31. The van der Waals surface area contributed by atoms with Crippen LogP contribution in [-0.4, -0.2) is 35.8 Å². The molecule has 0 heterocycles. The van der Waals surface area contributed by atoms with Gasteiger partial charge in [0.2, 0.25) is 11.8 Å². The van der Waals surface area contributed by atoms with Crippen LogP contribution in [0, 0.1) is 5.82 Å². The molecular weight excluding hydrogens is 367 g/mol. The number of nitrogens with zero attached hydrogens (tertiary/aromatic N) is 1. The number of carbonyl (C=O) groups excluding carboxylic acids is 2. The van der Waals surface area contributed by atoms with Crippen LogP contribution >= 0.6 is 0 Å². The summed E-state index contributed by atoms with van der Waals surface area (Å²) in [7, 11) is 0. The summed E-state index contributed by atoms with van der Waals surface area (Å²) in [6.45, 7) is 4.97. The van der Waals surface area contributed by atoms with Gasteiger partial charge in [0.05, 0.1) is 6.42 Å². The highest BCUT2D eigenvalue weighted by molar-refractivity contribution is 5.88. The average Bonchev–Trinajstić information content (AvgIpc) is 2.73. The van der Waals surface area contributed by atoms with E-state index in [1.165, 1.54) is 6.07 Å². The van der Waals surface area contributed by atoms with Crippen molar-refractivity contribution in [1.29, 1.82) is 0 Å². The Morgan fingerprint density at radius 2 is 1.72 bits per heavy atom. The Morgan fingerprint density at radius 3 is 2.38 bits per heavy atom. The van der Waals surface area contributed by atoms with E-state index < -0.39 is 11.9 Å². The van der Waals surface area contributed by atoms with Gasteiger partial charge in [0.25, 0.3) is 0 Å². The van der Waals surface area contributed by atoms with Crippen LogP contribution in [-0.2, 0) is 22.4 Å². The lowest BCUT2D eigenvalue weighted by atomic mass is 10.1. The summed E-state index contributed by atoms with van der Waals surface area (Å²) < 4.78 is 14.1. The highest BCUT2D eigenvalue weighted by atomic mass is 19.1. The van der Waals surface area contributed by atoms with Crippen molar-refractivity contribution in [2.24, 2.45) is 0 Å². The van der Waals surface area contributed by atoms with Crippen LogP contribution in [0.15, 0.2) is 54.6 Å². The Labute approximate surface area is 173 Å². The standard InChI is InChI=1S/C24H31FN2O2/c1-3-5-16-26-24(29)22(4-2)27(17-15-19-11-7-6-8-12-19)23(28)18-20-13-9-10-14-21(20)25/h6-14,22H,3-5,15-18H2,1-2H3,(H,26,29)/t22-/m1/s1. The molecule has 0 aromatic heterocycles. The zero-order valence-electron chi connectivity index (χ0n) is 17.4. The van der Waals surface area contributed by atoms with Crippen LogP contribution in [0.4, 0.5) is 4.39 Å². The van der Waals surface area contributed by atoms with Crippen LogP contribution in [0.1, 0.15) is 44.2 Å². The van der Waals surface area contributed by atoms with Crippen molar-refractivity contribution in [3.63, 3.8) is 0 Å². The molecule has 0 aliphatic carbocycles. The summed E-state index contributed by atoms with van der Waals surface area (Å²) in [6.07, 6.45) is 2.98. The second-order valence-corrected chi connectivity index (χ2v) is 7.16. The van der Waals surface area contributed by atoms with E-state index in [2.05, 4.69) is 12.2 Å². The second kappa shape index (κ2) is 12.0.